The van der Waals surface area contributed by atoms with Crippen LogP contribution in [0.2, 0.25) is 0 Å². The average Bonchev–Trinajstić information content (AvgIpc) is 2.40. The molecule has 4 heteroatoms. The molecule has 0 atom stereocenters. The summed E-state index contributed by atoms with van der Waals surface area (Å²) in [6, 6.07) is 7.19. The van der Waals surface area contributed by atoms with E-state index < -0.39 is 5.97 Å². The highest BCUT2D eigenvalue weighted by Crippen LogP contribution is 2.21. The van der Waals surface area contributed by atoms with Crippen molar-refractivity contribution in [2.45, 2.75) is 0 Å². The fourth-order valence-corrected chi connectivity index (χ4v) is 2.28. The Balaban J connectivity index is 2.10. The number of carbonyl (C=O) groups is 1. The number of hydrogen-bond donors (Lipinski definition) is 1. The molecule has 4 nitrogen and oxygen atoms in total. The van der Waals surface area contributed by atoms with Gasteiger partial charge < -0.3 is 10.0 Å². The van der Waals surface area contributed by atoms with E-state index in [0.717, 1.165) is 38.4 Å². The van der Waals surface area contributed by atoms with Gasteiger partial charge in [0.05, 0.1) is 11.3 Å². The van der Waals surface area contributed by atoms with Gasteiger partial charge in [-0.1, -0.05) is 18.2 Å². The first kappa shape index (κ1) is 12.6. The summed E-state index contributed by atoms with van der Waals surface area (Å²) < 4.78 is 0. The third kappa shape index (κ3) is 2.71. The van der Waals surface area contributed by atoms with E-state index in [-0.39, 0.29) is 0 Å². The fourth-order valence-electron chi connectivity index (χ4n) is 2.28. The molecule has 0 saturated carbocycles. The van der Waals surface area contributed by atoms with Crippen molar-refractivity contribution >= 4 is 11.7 Å². The number of rotatable bonds is 4. The van der Waals surface area contributed by atoms with Crippen LogP contribution in [0.5, 0.6) is 0 Å². The van der Waals surface area contributed by atoms with Crippen LogP contribution in [0.15, 0.2) is 36.9 Å². The summed E-state index contributed by atoms with van der Waals surface area (Å²) in [5, 5.41) is 9.18. The number of aromatic carboxylic acids is 1. The minimum Gasteiger partial charge on any atom is -0.478 e. The largest absolute Gasteiger partial charge is 0.478 e. The van der Waals surface area contributed by atoms with Crippen LogP contribution in [-0.2, 0) is 0 Å². The molecule has 0 aromatic heterocycles. The molecular formula is C14H18N2O2. The van der Waals surface area contributed by atoms with Crippen molar-refractivity contribution in [3.8, 4) is 0 Å². The lowest BCUT2D eigenvalue weighted by molar-refractivity contribution is 0.0697. The Morgan fingerprint density at radius 1 is 1.28 bits per heavy atom. The molecule has 0 amide bonds. The van der Waals surface area contributed by atoms with Crippen LogP contribution in [0.4, 0.5) is 5.69 Å². The van der Waals surface area contributed by atoms with Gasteiger partial charge in [0.25, 0.3) is 0 Å². The highest BCUT2D eigenvalue weighted by molar-refractivity contribution is 5.94. The van der Waals surface area contributed by atoms with E-state index in [4.69, 9.17) is 0 Å². The van der Waals surface area contributed by atoms with Crippen molar-refractivity contribution in [2.24, 2.45) is 0 Å². The Bertz CT molecular complexity index is 437. The zero-order chi connectivity index (χ0) is 13.0. The molecule has 1 N–H and O–H groups in total. The van der Waals surface area contributed by atoms with Crippen LogP contribution in [0.25, 0.3) is 0 Å². The number of anilines is 1. The van der Waals surface area contributed by atoms with Gasteiger partial charge in [0.15, 0.2) is 0 Å². The number of carboxylic acid groups (broad SMARTS) is 1. The summed E-state index contributed by atoms with van der Waals surface area (Å²) in [7, 11) is 0. The van der Waals surface area contributed by atoms with Gasteiger partial charge in [-0.2, -0.15) is 0 Å². The molecule has 1 aliphatic heterocycles. The van der Waals surface area contributed by atoms with Gasteiger partial charge in [-0.25, -0.2) is 4.79 Å². The molecule has 1 aromatic rings. The van der Waals surface area contributed by atoms with Crippen molar-refractivity contribution in [3.05, 3.63) is 42.5 Å². The standard InChI is InChI=1S/C14H18N2O2/c1-2-7-15-8-10-16(11-9-15)13-6-4-3-5-12(13)14(17)18/h2-6H,1,7-11H2,(H,17,18). The molecule has 2 rings (SSSR count). The molecule has 1 fully saturated rings. The number of hydrogen-bond acceptors (Lipinski definition) is 3. The van der Waals surface area contributed by atoms with Crippen molar-refractivity contribution in [1.82, 2.24) is 4.90 Å². The van der Waals surface area contributed by atoms with E-state index in [2.05, 4.69) is 16.4 Å². The third-order valence-electron chi connectivity index (χ3n) is 3.23. The van der Waals surface area contributed by atoms with E-state index in [1.54, 1.807) is 12.1 Å². The maximum absolute atomic E-state index is 11.2. The predicted molar refractivity (Wildman–Crippen MR) is 72.3 cm³/mol. The third-order valence-corrected chi connectivity index (χ3v) is 3.23. The van der Waals surface area contributed by atoms with Gasteiger partial charge in [-0.3, -0.25) is 4.90 Å². The Hall–Kier alpha value is -1.81. The van der Waals surface area contributed by atoms with Crippen molar-refractivity contribution in [2.75, 3.05) is 37.6 Å². The number of benzene rings is 1. The van der Waals surface area contributed by atoms with Gasteiger partial charge in [0.1, 0.15) is 0 Å². The highest BCUT2D eigenvalue weighted by Gasteiger charge is 2.20. The lowest BCUT2D eigenvalue weighted by Gasteiger charge is -2.36. The second-order valence-corrected chi connectivity index (χ2v) is 4.40. The van der Waals surface area contributed by atoms with Gasteiger partial charge in [0.2, 0.25) is 0 Å². The van der Waals surface area contributed by atoms with Crippen LogP contribution in [0.1, 0.15) is 10.4 Å². The topological polar surface area (TPSA) is 43.8 Å². The zero-order valence-electron chi connectivity index (χ0n) is 10.4. The molecule has 0 bridgehead atoms. The summed E-state index contributed by atoms with van der Waals surface area (Å²) in [6.07, 6.45) is 1.90. The van der Waals surface area contributed by atoms with Gasteiger partial charge in [-0.15, -0.1) is 6.58 Å². The molecule has 18 heavy (non-hydrogen) atoms. The average molecular weight is 246 g/mol. The van der Waals surface area contributed by atoms with Crippen molar-refractivity contribution < 1.29 is 9.90 Å². The zero-order valence-corrected chi connectivity index (χ0v) is 10.4. The maximum atomic E-state index is 11.2. The Kier molecular flexibility index (Phi) is 3.99. The van der Waals surface area contributed by atoms with E-state index in [0.29, 0.717) is 5.56 Å². The quantitative estimate of drug-likeness (QED) is 0.821. The molecule has 0 spiro atoms. The summed E-state index contributed by atoms with van der Waals surface area (Å²) in [6.45, 7) is 8.24. The predicted octanol–water partition coefficient (Wildman–Crippen LogP) is 1.69. The minimum absolute atomic E-state index is 0.384. The van der Waals surface area contributed by atoms with Crippen LogP contribution < -0.4 is 4.90 Å². The Morgan fingerprint density at radius 3 is 2.56 bits per heavy atom. The summed E-state index contributed by atoms with van der Waals surface area (Å²) >= 11 is 0. The summed E-state index contributed by atoms with van der Waals surface area (Å²) in [5.41, 5.74) is 1.21. The smallest absolute Gasteiger partial charge is 0.337 e. The highest BCUT2D eigenvalue weighted by atomic mass is 16.4. The first-order valence-electron chi connectivity index (χ1n) is 6.13. The molecule has 0 radical (unpaired) electrons. The number of nitrogens with zero attached hydrogens (tertiary/aromatic N) is 2. The first-order valence-corrected chi connectivity index (χ1v) is 6.13. The Labute approximate surface area is 107 Å². The van der Waals surface area contributed by atoms with Crippen LogP contribution in [0.3, 0.4) is 0 Å². The molecule has 0 aliphatic carbocycles. The van der Waals surface area contributed by atoms with Gasteiger partial charge >= 0.3 is 5.97 Å². The lowest BCUT2D eigenvalue weighted by atomic mass is 10.1. The first-order chi connectivity index (χ1) is 8.72. The second kappa shape index (κ2) is 5.69. The fraction of sp³-hybridized carbons (Fsp3) is 0.357. The summed E-state index contributed by atoms with van der Waals surface area (Å²) in [5.74, 6) is -0.862. The summed E-state index contributed by atoms with van der Waals surface area (Å²) in [4.78, 5) is 15.6. The van der Waals surface area contributed by atoms with E-state index in [9.17, 15) is 9.90 Å². The van der Waals surface area contributed by atoms with Gasteiger partial charge in [0, 0.05) is 32.7 Å². The molecule has 1 aliphatic rings. The number of piperazine rings is 1. The maximum Gasteiger partial charge on any atom is 0.337 e. The normalized spacial score (nSPS) is 16.6. The van der Waals surface area contributed by atoms with E-state index in [1.807, 2.05) is 18.2 Å². The second-order valence-electron chi connectivity index (χ2n) is 4.40. The molecule has 1 heterocycles. The molecule has 0 unspecified atom stereocenters. The SMILES string of the molecule is C=CCN1CCN(c2ccccc2C(=O)O)CC1. The van der Waals surface area contributed by atoms with Crippen molar-refractivity contribution in [3.63, 3.8) is 0 Å². The van der Waals surface area contributed by atoms with E-state index in [1.165, 1.54) is 0 Å². The van der Waals surface area contributed by atoms with Crippen LogP contribution in [-0.4, -0.2) is 48.7 Å². The minimum atomic E-state index is -0.862. The van der Waals surface area contributed by atoms with Gasteiger partial charge in [-0.05, 0) is 12.1 Å². The molecular weight excluding hydrogens is 228 g/mol. The van der Waals surface area contributed by atoms with E-state index >= 15 is 0 Å². The monoisotopic (exact) mass is 246 g/mol. The lowest BCUT2D eigenvalue weighted by Crippen LogP contribution is -2.46. The molecule has 1 aromatic carbocycles. The number of para-hydroxylation sites is 1. The number of carboxylic acids is 1. The molecule has 1 saturated heterocycles. The molecule has 96 valence electrons. The van der Waals surface area contributed by atoms with Crippen LogP contribution >= 0.6 is 0 Å². The van der Waals surface area contributed by atoms with Crippen LogP contribution in [0, 0.1) is 0 Å². The van der Waals surface area contributed by atoms with Crippen molar-refractivity contribution in [1.29, 1.82) is 0 Å². The Morgan fingerprint density at radius 2 is 1.94 bits per heavy atom.